The fourth-order valence-electron chi connectivity index (χ4n) is 1.30. The third kappa shape index (κ3) is 2.85. The molecule has 9 heavy (non-hydrogen) atoms. The second kappa shape index (κ2) is 3.76. The van der Waals surface area contributed by atoms with Gasteiger partial charge in [0.25, 0.3) is 0 Å². The molecule has 1 aliphatic heterocycles. The molecule has 1 rings (SSSR count). The zero-order chi connectivity index (χ0) is 6.69. The van der Waals surface area contributed by atoms with Crippen LogP contribution in [0.5, 0.6) is 0 Å². The lowest BCUT2D eigenvalue weighted by Crippen LogP contribution is -2.16. The van der Waals surface area contributed by atoms with Crippen LogP contribution in [-0.4, -0.2) is 16.2 Å². The molecule has 0 amide bonds. The smallest absolute Gasteiger partial charge is 0.0201 e. The topological polar surface area (TPSA) is 3.24 Å². The summed E-state index contributed by atoms with van der Waals surface area (Å²) in [5.74, 6) is 0.921. The van der Waals surface area contributed by atoms with Gasteiger partial charge in [0.15, 0.2) is 0 Å². The van der Waals surface area contributed by atoms with Gasteiger partial charge in [0.2, 0.25) is 0 Å². The van der Waals surface area contributed by atoms with E-state index in [4.69, 9.17) is 0 Å². The zero-order valence-electron chi connectivity index (χ0n) is 5.94. The van der Waals surface area contributed by atoms with Gasteiger partial charge in [-0.1, -0.05) is 13.3 Å². The molecule has 0 N–H and O–H groups in total. The van der Waals surface area contributed by atoms with Crippen molar-refractivity contribution in [1.82, 2.24) is 3.11 Å². The SMILES string of the molecule is C[C@H]1CCCCN(I)C1. The first kappa shape index (κ1) is 7.79. The highest BCUT2D eigenvalue weighted by molar-refractivity contribution is 14.1. The van der Waals surface area contributed by atoms with Gasteiger partial charge in [0.05, 0.1) is 0 Å². The monoisotopic (exact) mass is 239 g/mol. The van der Waals surface area contributed by atoms with Crippen LogP contribution >= 0.6 is 22.9 Å². The van der Waals surface area contributed by atoms with E-state index in [2.05, 4.69) is 32.9 Å². The van der Waals surface area contributed by atoms with Crippen molar-refractivity contribution in [2.75, 3.05) is 13.1 Å². The van der Waals surface area contributed by atoms with Crippen molar-refractivity contribution in [3.63, 3.8) is 0 Å². The van der Waals surface area contributed by atoms with E-state index in [1.165, 1.54) is 32.4 Å². The average molecular weight is 239 g/mol. The molecule has 1 atom stereocenters. The summed E-state index contributed by atoms with van der Waals surface area (Å²) in [6, 6.07) is 0. The fourth-order valence-corrected chi connectivity index (χ4v) is 2.31. The number of nitrogens with zero attached hydrogens (tertiary/aromatic N) is 1. The van der Waals surface area contributed by atoms with Crippen molar-refractivity contribution < 1.29 is 0 Å². The number of rotatable bonds is 0. The molecule has 1 saturated heterocycles. The maximum absolute atomic E-state index is 2.43. The summed E-state index contributed by atoms with van der Waals surface area (Å²) in [5, 5.41) is 0. The normalized spacial score (nSPS) is 32.0. The van der Waals surface area contributed by atoms with Gasteiger partial charge in [0, 0.05) is 36.0 Å². The Balaban J connectivity index is 2.29. The summed E-state index contributed by atoms with van der Waals surface area (Å²) < 4.78 is 2.41. The number of halogens is 1. The minimum absolute atomic E-state index is 0.921. The van der Waals surface area contributed by atoms with Gasteiger partial charge in [-0.3, -0.25) is 0 Å². The first-order chi connectivity index (χ1) is 4.29. The molecule has 54 valence electrons. The van der Waals surface area contributed by atoms with Crippen molar-refractivity contribution >= 4 is 22.9 Å². The first-order valence-electron chi connectivity index (χ1n) is 3.70. The van der Waals surface area contributed by atoms with Gasteiger partial charge in [-0.15, -0.1) is 0 Å². The molecule has 0 aromatic heterocycles. The third-order valence-corrected chi connectivity index (χ3v) is 2.73. The van der Waals surface area contributed by atoms with Crippen molar-refractivity contribution in [2.24, 2.45) is 5.92 Å². The summed E-state index contributed by atoms with van der Waals surface area (Å²) in [7, 11) is 0. The van der Waals surface area contributed by atoms with Crippen LogP contribution in [0, 0.1) is 5.92 Å². The molecule has 0 aliphatic carbocycles. The van der Waals surface area contributed by atoms with Crippen LogP contribution < -0.4 is 0 Å². The number of hydrogen-bond donors (Lipinski definition) is 0. The predicted octanol–water partition coefficient (Wildman–Crippen LogP) is 2.46. The average Bonchev–Trinajstić information content (AvgIpc) is 1.93. The molecule has 0 unspecified atom stereocenters. The minimum atomic E-state index is 0.921. The summed E-state index contributed by atoms with van der Waals surface area (Å²) in [6.45, 7) is 4.93. The maximum Gasteiger partial charge on any atom is 0.0201 e. The van der Waals surface area contributed by atoms with E-state index >= 15 is 0 Å². The van der Waals surface area contributed by atoms with Crippen LogP contribution in [0.15, 0.2) is 0 Å². The molecule has 0 spiro atoms. The summed E-state index contributed by atoms with van der Waals surface area (Å²) >= 11 is 2.43. The molecule has 0 radical (unpaired) electrons. The van der Waals surface area contributed by atoms with E-state index < -0.39 is 0 Å². The Labute approximate surface area is 71.3 Å². The molecule has 0 saturated carbocycles. The van der Waals surface area contributed by atoms with Crippen LogP contribution in [0.2, 0.25) is 0 Å². The highest BCUT2D eigenvalue weighted by atomic mass is 127. The molecule has 1 heterocycles. The van der Waals surface area contributed by atoms with Gasteiger partial charge < -0.3 is 0 Å². The Bertz CT molecular complexity index is 75.0. The standard InChI is InChI=1S/C7H14IN/c1-7-4-2-3-5-9(8)6-7/h7H,2-6H2,1H3/t7-/m0/s1. The van der Waals surface area contributed by atoms with E-state index in [1.54, 1.807) is 0 Å². The Morgan fingerprint density at radius 1 is 1.44 bits per heavy atom. The lowest BCUT2D eigenvalue weighted by Gasteiger charge is -2.12. The van der Waals surface area contributed by atoms with Gasteiger partial charge >= 0.3 is 0 Å². The lowest BCUT2D eigenvalue weighted by molar-refractivity contribution is 0.446. The van der Waals surface area contributed by atoms with Gasteiger partial charge in [0.1, 0.15) is 0 Å². The molecule has 0 aromatic carbocycles. The highest BCUT2D eigenvalue weighted by Crippen LogP contribution is 2.17. The molecule has 0 bridgehead atoms. The molecule has 1 fully saturated rings. The second-order valence-electron chi connectivity index (χ2n) is 2.97. The molecule has 2 heteroatoms. The largest absolute Gasteiger partial charge is 0.247 e. The summed E-state index contributed by atoms with van der Waals surface area (Å²) in [5.41, 5.74) is 0. The van der Waals surface area contributed by atoms with Crippen molar-refractivity contribution in [3.05, 3.63) is 0 Å². The zero-order valence-corrected chi connectivity index (χ0v) is 8.10. The Hall–Kier alpha value is 0.690. The quantitative estimate of drug-likeness (QED) is 0.463. The lowest BCUT2D eigenvalue weighted by atomic mass is 10.1. The Kier molecular flexibility index (Phi) is 3.26. The molecule has 1 nitrogen and oxygen atoms in total. The first-order valence-corrected chi connectivity index (χ1v) is 4.66. The number of hydrogen-bond acceptors (Lipinski definition) is 1. The van der Waals surface area contributed by atoms with E-state index in [9.17, 15) is 0 Å². The van der Waals surface area contributed by atoms with Crippen molar-refractivity contribution in [2.45, 2.75) is 26.2 Å². The maximum atomic E-state index is 2.43. The van der Waals surface area contributed by atoms with Gasteiger partial charge in [-0.25, -0.2) is 3.11 Å². The van der Waals surface area contributed by atoms with E-state index in [0.29, 0.717) is 0 Å². The summed E-state index contributed by atoms with van der Waals surface area (Å²) in [4.78, 5) is 0. The van der Waals surface area contributed by atoms with Crippen molar-refractivity contribution in [1.29, 1.82) is 0 Å². The molecule has 1 aliphatic rings. The van der Waals surface area contributed by atoms with Crippen LogP contribution in [0.3, 0.4) is 0 Å². The van der Waals surface area contributed by atoms with E-state index in [-0.39, 0.29) is 0 Å². The third-order valence-electron chi connectivity index (χ3n) is 1.86. The molecular formula is C7H14IN. The van der Waals surface area contributed by atoms with Crippen LogP contribution in [0.1, 0.15) is 26.2 Å². The highest BCUT2D eigenvalue weighted by Gasteiger charge is 2.10. The van der Waals surface area contributed by atoms with Crippen LogP contribution in [0.25, 0.3) is 0 Å². The fraction of sp³-hybridized carbons (Fsp3) is 1.00. The van der Waals surface area contributed by atoms with Gasteiger partial charge in [-0.05, 0) is 18.8 Å². The molecular weight excluding hydrogens is 225 g/mol. The van der Waals surface area contributed by atoms with Crippen molar-refractivity contribution in [3.8, 4) is 0 Å². The summed E-state index contributed by atoms with van der Waals surface area (Å²) in [6.07, 6.45) is 4.26. The van der Waals surface area contributed by atoms with E-state index in [1.807, 2.05) is 0 Å². The van der Waals surface area contributed by atoms with E-state index in [0.717, 1.165) is 5.92 Å². The molecule has 0 aromatic rings. The Morgan fingerprint density at radius 3 is 3.00 bits per heavy atom. The van der Waals surface area contributed by atoms with Crippen LogP contribution in [-0.2, 0) is 0 Å². The van der Waals surface area contributed by atoms with Gasteiger partial charge in [-0.2, -0.15) is 0 Å². The second-order valence-corrected chi connectivity index (χ2v) is 4.33. The van der Waals surface area contributed by atoms with Crippen LogP contribution in [0.4, 0.5) is 0 Å². The minimum Gasteiger partial charge on any atom is -0.247 e. The Morgan fingerprint density at radius 2 is 2.22 bits per heavy atom. The predicted molar refractivity (Wildman–Crippen MR) is 48.6 cm³/mol.